The standard InChI is InChI=1S/C12H22N2O3/c1-3-9(2)8-13-11(17)14-12(10(15)16)6-4-5-7-12/h9H,3-8H2,1-2H3,(H,15,16)(H2,13,14,17). The number of hydrogen-bond donors (Lipinski definition) is 3. The first-order chi connectivity index (χ1) is 8.00. The van der Waals surface area contributed by atoms with Crippen molar-refractivity contribution in [3.8, 4) is 0 Å². The topological polar surface area (TPSA) is 78.4 Å². The maximum absolute atomic E-state index is 11.6. The molecule has 1 rings (SSSR count). The Bertz CT molecular complexity index is 285. The van der Waals surface area contributed by atoms with Gasteiger partial charge >= 0.3 is 12.0 Å². The van der Waals surface area contributed by atoms with Gasteiger partial charge in [-0.05, 0) is 18.8 Å². The summed E-state index contributed by atoms with van der Waals surface area (Å²) in [6, 6.07) is -0.366. The van der Waals surface area contributed by atoms with E-state index in [9.17, 15) is 14.7 Å². The lowest BCUT2D eigenvalue weighted by molar-refractivity contribution is -0.144. The van der Waals surface area contributed by atoms with E-state index in [2.05, 4.69) is 17.6 Å². The third-order valence-electron chi connectivity index (χ3n) is 3.53. The molecule has 1 atom stereocenters. The molecule has 5 nitrogen and oxygen atoms in total. The summed E-state index contributed by atoms with van der Waals surface area (Å²) in [7, 11) is 0. The molecular formula is C12H22N2O3. The van der Waals surface area contributed by atoms with Gasteiger partial charge in [0, 0.05) is 6.54 Å². The molecule has 0 saturated heterocycles. The summed E-state index contributed by atoms with van der Waals surface area (Å²) in [6.45, 7) is 4.68. The second-order valence-electron chi connectivity index (χ2n) is 4.94. The Hall–Kier alpha value is -1.26. The zero-order valence-electron chi connectivity index (χ0n) is 10.6. The normalized spacial score (nSPS) is 19.6. The highest BCUT2D eigenvalue weighted by atomic mass is 16.4. The van der Waals surface area contributed by atoms with Gasteiger partial charge in [-0.3, -0.25) is 0 Å². The van der Waals surface area contributed by atoms with Gasteiger partial charge in [0.15, 0.2) is 0 Å². The smallest absolute Gasteiger partial charge is 0.329 e. The average Bonchev–Trinajstić information content (AvgIpc) is 2.75. The van der Waals surface area contributed by atoms with Crippen molar-refractivity contribution >= 4 is 12.0 Å². The van der Waals surface area contributed by atoms with E-state index in [0.717, 1.165) is 19.3 Å². The van der Waals surface area contributed by atoms with E-state index in [1.54, 1.807) is 0 Å². The summed E-state index contributed by atoms with van der Waals surface area (Å²) in [5, 5.41) is 14.5. The SMILES string of the molecule is CCC(C)CNC(=O)NC1(C(=O)O)CCCC1. The van der Waals surface area contributed by atoms with E-state index in [1.807, 2.05) is 6.92 Å². The molecule has 1 fully saturated rings. The third kappa shape index (κ3) is 3.61. The number of nitrogens with one attached hydrogen (secondary N) is 2. The van der Waals surface area contributed by atoms with Crippen LogP contribution in [0, 0.1) is 5.92 Å². The van der Waals surface area contributed by atoms with Crippen LogP contribution < -0.4 is 10.6 Å². The summed E-state index contributed by atoms with van der Waals surface area (Å²) in [6.07, 6.45) is 3.76. The van der Waals surface area contributed by atoms with Gasteiger partial charge in [0.05, 0.1) is 0 Å². The van der Waals surface area contributed by atoms with Crippen LogP contribution in [0.3, 0.4) is 0 Å². The van der Waals surface area contributed by atoms with E-state index in [0.29, 0.717) is 25.3 Å². The number of aliphatic carboxylic acids is 1. The fourth-order valence-corrected chi connectivity index (χ4v) is 2.04. The number of rotatable bonds is 5. The molecule has 5 heteroatoms. The van der Waals surface area contributed by atoms with E-state index < -0.39 is 11.5 Å². The molecule has 98 valence electrons. The molecule has 1 saturated carbocycles. The lowest BCUT2D eigenvalue weighted by atomic mass is 9.98. The van der Waals surface area contributed by atoms with Gasteiger partial charge in [0.25, 0.3) is 0 Å². The number of hydrogen-bond acceptors (Lipinski definition) is 2. The second-order valence-corrected chi connectivity index (χ2v) is 4.94. The summed E-state index contributed by atoms with van der Waals surface area (Å²) in [4.78, 5) is 22.9. The van der Waals surface area contributed by atoms with Crippen molar-refractivity contribution in [1.29, 1.82) is 0 Å². The van der Waals surface area contributed by atoms with Gasteiger partial charge in [0.2, 0.25) is 0 Å². The van der Waals surface area contributed by atoms with Gasteiger partial charge in [-0.15, -0.1) is 0 Å². The summed E-state index contributed by atoms with van der Waals surface area (Å²) in [5.41, 5.74) is -1.04. The first kappa shape index (κ1) is 13.8. The van der Waals surface area contributed by atoms with Crippen LogP contribution in [0.4, 0.5) is 4.79 Å². The predicted molar refractivity (Wildman–Crippen MR) is 64.8 cm³/mol. The van der Waals surface area contributed by atoms with Crippen molar-refractivity contribution in [1.82, 2.24) is 10.6 Å². The molecule has 0 bridgehead atoms. The molecule has 0 radical (unpaired) electrons. The highest BCUT2D eigenvalue weighted by molar-refractivity contribution is 5.86. The Kier molecular flexibility index (Phi) is 4.78. The maximum atomic E-state index is 11.6. The molecule has 0 aromatic carbocycles. The molecule has 0 aliphatic heterocycles. The quantitative estimate of drug-likeness (QED) is 0.687. The molecule has 1 aliphatic rings. The van der Waals surface area contributed by atoms with E-state index in [1.165, 1.54) is 0 Å². The van der Waals surface area contributed by atoms with E-state index in [4.69, 9.17) is 0 Å². The highest BCUT2D eigenvalue weighted by Gasteiger charge is 2.42. The third-order valence-corrected chi connectivity index (χ3v) is 3.53. The maximum Gasteiger partial charge on any atom is 0.329 e. The van der Waals surface area contributed by atoms with Crippen molar-refractivity contribution in [2.45, 2.75) is 51.5 Å². The molecule has 2 amide bonds. The molecular weight excluding hydrogens is 220 g/mol. The van der Waals surface area contributed by atoms with Crippen molar-refractivity contribution in [2.75, 3.05) is 6.54 Å². The van der Waals surface area contributed by atoms with Gasteiger partial charge in [0.1, 0.15) is 5.54 Å². The monoisotopic (exact) mass is 242 g/mol. The van der Waals surface area contributed by atoms with Gasteiger partial charge in [-0.2, -0.15) is 0 Å². The Morgan fingerprint density at radius 2 is 1.94 bits per heavy atom. The molecule has 1 aliphatic carbocycles. The number of carbonyl (C=O) groups is 2. The summed E-state index contributed by atoms with van der Waals surface area (Å²) >= 11 is 0. The van der Waals surface area contributed by atoms with Gasteiger partial charge < -0.3 is 15.7 Å². The predicted octanol–water partition coefficient (Wildman–Crippen LogP) is 1.73. The zero-order chi connectivity index (χ0) is 12.9. The second kappa shape index (κ2) is 5.89. The Morgan fingerprint density at radius 3 is 2.41 bits per heavy atom. The number of carboxylic acid groups (broad SMARTS) is 1. The summed E-state index contributed by atoms with van der Waals surface area (Å²) in [5.74, 6) is -0.515. The molecule has 0 spiro atoms. The Morgan fingerprint density at radius 1 is 1.35 bits per heavy atom. The fraction of sp³-hybridized carbons (Fsp3) is 0.833. The van der Waals surface area contributed by atoms with Crippen LogP contribution in [0.15, 0.2) is 0 Å². The highest BCUT2D eigenvalue weighted by Crippen LogP contribution is 2.29. The minimum Gasteiger partial charge on any atom is -0.480 e. The molecule has 1 unspecified atom stereocenters. The van der Waals surface area contributed by atoms with Gasteiger partial charge in [-0.25, -0.2) is 9.59 Å². The lowest BCUT2D eigenvalue weighted by Crippen LogP contribution is -2.55. The largest absolute Gasteiger partial charge is 0.480 e. The molecule has 3 N–H and O–H groups in total. The Labute approximate surface area is 102 Å². The van der Waals surface area contributed by atoms with Crippen LogP contribution >= 0.6 is 0 Å². The molecule has 0 aromatic heterocycles. The molecule has 17 heavy (non-hydrogen) atoms. The van der Waals surface area contributed by atoms with Crippen molar-refractivity contribution in [2.24, 2.45) is 5.92 Å². The average molecular weight is 242 g/mol. The van der Waals surface area contributed by atoms with Crippen LogP contribution in [-0.2, 0) is 4.79 Å². The van der Waals surface area contributed by atoms with Gasteiger partial charge in [-0.1, -0.05) is 33.1 Å². The number of carbonyl (C=O) groups excluding carboxylic acids is 1. The van der Waals surface area contributed by atoms with Crippen LogP contribution in [0.5, 0.6) is 0 Å². The molecule has 0 aromatic rings. The fourth-order valence-electron chi connectivity index (χ4n) is 2.04. The van der Waals surface area contributed by atoms with Crippen LogP contribution in [0.1, 0.15) is 46.0 Å². The minimum atomic E-state index is -1.04. The summed E-state index contributed by atoms with van der Waals surface area (Å²) < 4.78 is 0. The van der Waals surface area contributed by atoms with Crippen LogP contribution in [0.2, 0.25) is 0 Å². The number of carboxylic acids is 1. The Balaban J connectivity index is 2.45. The number of urea groups is 1. The number of amides is 2. The van der Waals surface area contributed by atoms with E-state index >= 15 is 0 Å². The van der Waals surface area contributed by atoms with Crippen molar-refractivity contribution < 1.29 is 14.7 Å². The van der Waals surface area contributed by atoms with Crippen LogP contribution in [-0.4, -0.2) is 29.2 Å². The van der Waals surface area contributed by atoms with Crippen molar-refractivity contribution in [3.05, 3.63) is 0 Å². The van der Waals surface area contributed by atoms with E-state index in [-0.39, 0.29) is 6.03 Å². The first-order valence-corrected chi connectivity index (χ1v) is 6.29. The first-order valence-electron chi connectivity index (χ1n) is 6.29. The van der Waals surface area contributed by atoms with Crippen LogP contribution in [0.25, 0.3) is 0 Å². The molecule has 0 heterocycles. The van der Waals surface area contributed by atoms with Crippen molar-refractivity contribution in [3.63, 3.8) is 0 Å². The lowest BCUT2D eigenvalue weighted by Gasteiger charge is -2.25. The zero-order valence-corrected chi connectivity index (χ0v) is 10.6. The minimum absolute atomic E-state index is 0.366.